The Labute approximate surface area is 163 Å². The molecule has 2 aromatic carbocycles. The highest BCUT2D eigenvalue weighted by atomic mass is 32.1. The van der Waals surface area contributed by atoms with Gasteiger partial charge in [0, 0.05) is 11.1 Å². The van der Waals surface area contributed by atoms with Gasteiger partial charge in [-0.1, -0.05) is 43.2 Å². The summed E-state index contributed by atoms with van der Waals surface area (Å²) in [4.78, 5) is 3.39. The van der Waals surface area contributed by atoms with E-state index in [0.29, 0.717) is 0 Å². The van der Waals surface area contributed by atoms with Crippen LogP contribution in [-0.2, 0) is 6.42 Å². The molecular formula is C23H17F2NS. The fourth-order valence-electron chi connectivity index (χ4n) is 2.92. The summed E-state index contributed by atoms with van der Waals surface area (Å²) >= 11 is 4.38. The van der Waals surface area contributed by atoms with Crippen LogP contribution in [0.1, 0.15) is 47.9 Å². The molecule has 1 aliphatic carbocycles. The summed E-state index contributed by atoms with van der Waals surface area (Å²) in [5, 5.41) is 2.06. The summed E-state index contributed by atoms with van der Waals surface area (Å²) in [6, 6.07) is 12.4. The maximum Gasteiger partial charge on any atom is 0.143 e. The Balaban J connectivity index is 1.71. The summed E-state index contributed by atoms with van der Waals surface area (Å²) in [5.41, 5.74) is 1.89. The summed E-state index contributed by atoms with van der Waals surface area (Å²) in [7, 11) is 0. The van der Waals surface area contributed by atoms with Gasteiger partial charge < -0.3 is 0 Å². The Morgan fingerprint density at radius 3 is 2.26 bits per heavy atom. The molecule has 0 unspecified atom stereocenters. The van der Waals surface area contributed by atoms with Crippen LogP contribution in [0.4, 0.5) is 8.78 Å². The van der Waals surface area contributed by atoms with Gasteiger partial charge in [0.1, 0.15) is 11.6 Å². The number of aliphatic imine (C=N–C) groups is 1. The van der Waals surface area contributed by atoms with Crippen molar-refractivity contribution in [2.24, 2.45) is 10.9 Å². The van der Waals surface area contributed by atoms with Gasteiger partial charge in [0.25, 0.3) is 0 Å². The number of halogens is 2. The zero-order chi connectivity index (χ0) is 19.1. The minimum absolute atomic E-state index is 0.167. The Bertz CT molecular complexity index is 970. The summed E-state index contributed by atoms with van der Waals surface area (Å²) < 4.78 is 28.2. The Kier molecular flexibility index (Phi) is 6.50. The van der Waals surface area contributed by atoms with Crippen molar-refractivity contribution in [3.8, 4) is 23.8 Å². The first-order valence-electron chi connectivity index (χ1n) is 8.83. The largest absolute Gasteiger partial charge is 0.205 e. The van der Waals surface area contributed by atoms with E-state index in [9.17, 15) is 8.78 Å². The molecule has 4 heteroatoms. The average molecular weight is 377 g/mol. The van der Waals surface area contributed by atoms with Crippen molar-refractivity contribution in [3.63, 3.8) is 0 Å². The lowest BCUT2D eigenvalue weighted by Gasteiger charge is -2.25. The van der Waals surface area contributed by atoms with Crippen molar-refractivity contribution in [1.82, 2.24) is 0 Å². The predicted molar refractivity (Wildman–Crippen MR) is 106 cm³/mol. The van der Waals surface area contributed by atoms with Crippen LogP contribution in [0.2, 0.25) is 0 Å². The maximum atomic E-state index is 14.1. The van der Waals surface area contributed by atoms with Crippen molar-refractivity contribution in [2.45, 2.75) is 32.1 Å². The zero-order valence-electron chi connectivity index (χ0n) is 14.7. The summed E-state index contributed by atoms with van der Waals surface area (Å²) in [5.74, 6) is 7.26. The van der Waals surface area contributed by atoms with Crippen LogP contribution in [0.15, 0.2) is 41.4 Å². The monoisotopic (exact) mass is 377 g/mol. The van der Waals surface area contributed by atoms with Crippen LogP contribution in [0, 0.1) is 41.4 Å². The smallest absolute Gasteiger partial charge is 0.143 e. The number of nitrogens with zero attached hydrogens (tertiary/aromatic N) is 1. The lowest BCUT2D eigenvalue weighted by atomic mass is 9.81. The molecule has 1 saturated carbocycles. The minimum atomic E-state index is -0.754. The lowest BCUT2D eigenvalue weighted by Crippen LogP contribution is -2.11. The van der Waals surface area contributed by atoms with Crippen LogP contribution < -0.4 is 0 Å². The second kappa shape index (κ2) is 9.24. The first kappa shape index (κ1) is 19.0. The van der Waals surface area contributed by atoms with Gasteiger partial charge in [0.15, 0.2) is 0 Å². The molecule has 1 fully saturated rings. The fraction of sp³-hybridized carbons (Fsp3) is 0.261. The fourth-order valence-corrected chi connectivity index (χ4v) is 2.97. The molecule has 0 aliphatic heterocycles. The average Bonchev–Trinajstić information content (AvgIpc) is 2.61. The van der Waals surface area contributed by atoms with Crippen molar-refractivity contribution >= 4 is 17.4 Å². The quantitative estimate of drug-likeness (QED) is 0.390. The van der Waals surface area contributed by atoms with E-state index in [1.807, 2.05) is 24.3 Å². The van der Waals surface area contributed by atoms with Gasteiger partial charge in [0.05, 0.1) is 16.8 Å². The van der Waals surface area contributed by atoms with Gasteiger partial charge in [-0.15, -0.1) is 4.99 Å². The number of aryl methyl sites for hydroxylation is 1. The summed E-state index contributed by atoms with van der Waals surface area (Å²) in [6.45, 7) is 0. The molecular weight excluding hydrogens is 360 g/mol. The maximum absolute atomic E-state index is 14.1. The number of benzene rings is 2. The predicted octanol–water partition coefficient (Wildman–Crippen LogP) is 5.51. The third-order valence-corrected chi connectivity index (χ3v) is 4.79. The van der Waals surface area contributed by atoms with Crippen LogP contribution in [-0.4, -0.2) is 5.16 Å². The normalized spacial score (nSPS) is 12.7. The number of rotatable bonds is 3. The van der Waals surface area contributed by atoms with Crippen LogP contribution >= 0.6 is 12.2 Å². The van der Waals surface area contributed by atoms with Gasteiger partial charge in [-0.25, -0.2) is 8.78 Å². The molecule has 0 N–H and O–H groups in total. The summed E-state index contributed by atoms with van der Waals surface area (Å²) in [6.07, 6.45) is 6.36. The molecule has 0 atom stereocenters. The molecule has 0 aromatic heterocycles. The van der Waals surface area contributed by atoms with E-state index in [1.54, 1.807) is 0 Å². The van der Waals surface area contributed by atoms with Crippen LogP contribution in [0.3, 0.4) is 0 Å². The van der Waals surface area contributed by atoms with E-state index in [4.69, 9.17) is 0 Å². The van der Waals surface area contributed by atoms with E-state index < -0.39 is 11.6 Å². The highest BCUT2D eigenvalue weighted by molar-refractivity contribution is 7.78. The highest BCUT2D eigenvalue weighted by Gasteiger charge is 2.16. The van der Waals surface area contributed by atoms with Crippen molar-refractivity contribution in [2.75, 3.05) is 0 Å². The van der Waals surface area contributed by atoms with Gasteiger partial charge in [-0.3, -0.25) is 0 Å². The van der Waals surface area contributed by atoms with E-state index in [2.05, 4.69) is 46.2 Å². The Hall–Kier alpha value is -2.78. The molecule has 0 radical (unpaired) electrons. The first-order chi connectivity index (χ1) is 13.2. The molecule has 1 aliphatic rings. The van der Waals surface area contributed by atoms with E-state index >= 15 is 0 Å². The van der Waals surface area contributed by atoms with Crippen LogP contribution in [0.25, 0.3) is 0 Å². The highest BCUT2D eigenvalue weighted by Crippen LogP contribution is 2.30. The molecule has 0 amide bonds. The topological polar surface area (TPSA) is 12.4 Å². The molecule has 2 aromatic rings. The number of hydrogen-bond donors (Lipinski definition) is 0. The van der Waals surface area contributed by atoms with Gasteiger partial charge in [0.2, 0.25) is 0 Å². The number of hydrogen-bond acceptors (Lipinski definition) is 2. The van der Waals surface area contributed by atoms with E-state index in [1.165, 1.54) is 31.2 Å². The van der Waals surface area contributed by atoms with E-state index in [0.717, 1.165) is 30.0 Å². The standard InChI is InChI=1S/C23H17F2NS/c24-22-14-20(12-13-26-16-27)15-23(25)21(22)11-10-19-8-6-18(7-9-19)5-4-17-2-1-3-17/h6-9,14-15,17H,1-5H2. The SMILES string of the molecule is Fc1cc(C#CN=C=S)cc(F)c1C#Cc1ccc(CCC2CCC2)cc1. The molecule has 0 bridgehead atoms. The Morgan fingerprint density at radius 1 is 0.963 bits per heavy atom. The lowest BCUT2D eigenvalue weighted by molar-refractivity contribution is 0.296. The number of isothiocyanates is 1. The molecule has 27 heavy (non-hydrogen) atoms. The second-order valence-corrected chi connectivity index (χ2v) is 6.72. The first-order valence-corrected chi connectivity index (χ1v) is 9.24. The minimum Gasteiger partial charge on any atom is -0.205 e. The van der Waals surface area contributed by atoms with Gasteiger partial charge >= 0.3 is 0 Å². The van der Waals surface area contributed by atoms with Crippen molar-refractivity contribution < 1.29 is 8.78 Å². The van der Waals surface area contributed by atoms with Crippen LogP contribution in [0.5, 0.6) is 0 Å². The molecule has 0 spiro atoms. The third kappa shape index (κ3) is 5.35. The molecule has 3 rings (SSSR count). The van der Waals surface area contributed by atoms with E-state index in [-0.39, 0.29) is 11.1 Å². The van der Waals surface area contributed by atoms with Gasteiger partial charge in [-0.2, -0.15) is 0 Å². The number of thiocarbonyl (C=S) groups is 1. The van der Waals surface area contributed by atoms with Crippen molar-refractivity contribution in [3.05, 3.63) is 70.3 Å². The second-order valence-electron chi connectivity index (χ2n) is 6.54. The Morgan fingerprint density at radius 2 is 1.67 bits per heavy atom. The van der Waals surface area contributed by atoms with Gasteiger partial charge in [-0.05, 0) is 66.7 Å². The molecule has 0 saturated heterocycles. The molecule has 1 nitrogen and oxygen atoms in total. The third-order valence-electron chi connectivity index (χ3n) is 4.70. The molecule has 134 valence electrons. The van der Waals surface area contributed by atoms with Crippen molar-refractivity contribution in [1.29, 1.82) is 0 Å². The zero-order valence-corrected chi connectivity index (χ0v) is 15.5. The molecule has 0 heterocycles.